The summed E-state index contributed by atoms with van der Waals surface area (Å²) in [7, 11) is 0. The van der Waals surface area contributed by atoms with E-state index in [1.165, 1.54) is 18.2 Å². The second-order valence-electron chi connectivity index (χ2n) is 6.30. The molecule has 0 bridgehead atoms. The number of benzene rings is 2. The van der Waals surface area contributed by atoms with Gasteiger partial charge in [-0.1, -0.05) is 30.1 Å². The summed E-state index contributed by atoms with van der Waals surface area (Å²) in [6.07, 6.45) is 1.49. The molecule has 10 heteroatoms. The molecule has 0 spiro atoms. The monoisotopic (exact) mass is 440 g/mol. The molecule has 0 radical (unpaired) electrons. The maximum atomic E-state index is 14.4. The normalized spacial score (nSPS) is 12.1. The summed E-state index contributed by atoms with van der Waals surface area (Å²) < 4.78 is 29.3. The molecule has 0 N–H and O–H groups in total. The molecule has 1 unspecified atom stereocenters. The fourth-order valence-electron chi connectivity index (χ4n) is 2.76. The standard InChI is InChI=1S/C19H16Cl2F2N4O2/c1-3-11(2)26(17-7-5-13(22)9-15(17)23)18(28)25-10-24-27(19(25)29)16-6-4-12(20)8-14(16)21/h4-11H,3H2,1-2H3. The predicted molar refractivity (Wildman–Crippen MR) is 107 cm³/mol. The van der Waals surface area contributed by atoms with Crippen molar-refractivity contribution in [3.05, 3.63) is 74.9 Å². The Morgan fingerprint density at radius 1 is 1.21 bits per heavy atom. The van der Waals surface area contributed by atoms with Gasteiger partial charge in [0.05, 0.1) is 16.4 Å². The third-order valence-electron chi connectivity index (χ3n) is 4.42. The molecule has 1 heterocycles. The van der Waals surface area contributed by atoms with Crippen molar-refractivity contribution in [3.8, 4) is 5.69 Å². The lowest BCUT2D eigenvalue weighted by molar-refractivity contribution is 0.244. The van der Waals surface area contributed by atoms with Gasteiger partial charge in [-0.3, -0.25) is 4.90 Å². The van der Waals surface area contributed by atoms with Crippen molar-refractivity contribution in [2.24, 2.45) is 0 Å². The van der Waals surface area contributed by atoms with E-state index >= 15 is 0 Å². The molecule has 3 aromatic rings. The van der Waals surface area contributed by atoms with Crippen LogP contribution in [0.3, 0.4) is 0 Å². The Bertz CT molecular complexity index is 1130. The predicted octanol–water partition coefficient (Wildman–Crippen LogP) is 4.89. The molecule has 2 aromatic carbocycles. The second kappa shape index (κ2) is 8.34. The van der Waals surface area contributed by atoms with E-state index in [0.29, 0.717) is 17.5 Å². The summed E-state index contributed by atoms with van der Waals surface area (Å²) in [4.78, 5) is 27.0. The molecular weight excluding hydrogens is 425 g/mol. The van der Waals surface area contributed by atoms with Gasteiger partial charge in [-0.2, -0.15) is 14.3 Å². The molecule has 0 fully saturated rings. The summed E-state index contributed by atoms with van der Waals surface area (Å²) in [6, 6.07) is 6.02. The summed E-state index contributed by atoms with van der Waals surface area (Å²) in [6.45, 7) is 3.48. The van der Waals surface area contributed by atoms with E-state index in [-0.39, 0.29) is 16.4 Å². The number of amides is 1. The summed E-state index contributed by atoms with van der Waals surface area (Å²) in [5.41, 5.74) is -0.708. The maximum absolute atomic E-state index is 14.4. The topological polar surface area (TPSA) is 60.1 Å². The summed E-state index contributed by atoms with van der Waals surface area (Å²) >= 11 is 12.0. The highest BCUT2D eigenvalue weighted by Gasteiger charge is 2.27. The van der Waals surface area contributed by atoms with Gasteiger partial charge in [-0.05, 0) is 43.7 Å². The van der Waals surface area contributed by atoms with Gasteiger partial charge in [-0.15, -0.1) is 0 Å². The Balaban J connectivity index is 2.08. The molecule has 0 aliphatic heterocycles. The molecule has 1 aromatic heterocycles. The fraction of sp³-hybridized carbons (Fsp3) is 0.211. The van der Waals surface area contributed by atoms with E-state index in [9.17, 15) is 18.4 Å². The van der Waals surface area contributed by atoms with Crippen molar-refractivity contribution >= 4 is 34.9 Å². The van der Waals surface area contributed by atoms with Crippen molar-refractivity contribution in [1.82, 2.24) is 14.3 Å². The third-order valence-corrected chi connectivity index (χ3v) is 4.96. The van der Waals surface area contributed by atoms with Crippen molar-refractivity contribution in [1.29, 1.82) is 0 Å². The van der Waals surface area contributed by atoms with Gasteiger partial charge in [0, 0.05) is 17.1 Å². The molecule has 0 saturated carbocycles. The first-order valence-electron chi connectivity index (χ1n) is 8.65. The second-order valence-corrected chi connectivity index (χ2v) is 7.14. The number of carbonyl (C=O) groups excluding carboxylic acids is 1. The van der Waals surface area contributed by atoms with Crippen LogP contribution in [0.4, 0.5) is 19.3 Å². The van der Waals surface area contributed by atoms with E-state index < -0.39 is 29.4 Å². The number of rotatable bonds is 4. The first-order valence-corrected chi connectivity index (χ1v) is 9.41. The minimum atomic E-state index is -0.917. The number of hydrogen-bond acceptors (Lipinski definition) is 3. The van der Waals surface area contributed by atoms with Crippen molar-refractivity contribution in [3.63, 3.8) is 0 Å². The number of halogens is 4. The zero-order chi connectivity index (χ0) is 21.3. The van der Waals surface area contributed by atoms with Crippen molar-refractivity contribution < 1.29 is 13.6 Å². The van der Waals surface area contributed by atoms with E-state index in [0.717, 1.165) is 32.6 Å². The maximum Gasteiger partial charge on any atom is 0.358 e. The van der Waals surface area contributed by atoms with Gasteiger partial charge in [0.15, 0.2) is 0 Å². The molecule has 152 valence electrons. The van der Waals surface area contributed by atoms with Crippen LogP contribution >= 0.6 is 23.2 Å². The minimum absolute atomic E-state index is 0.144. The number of aromatic nitrogens is 3. The summed E-state index contributed by atoms with van der Waals surface area (Å²) in [5, 5.41) is 4.47. The van der Waals surface area contributed by atoms with Gasteiger partial charge in [0.25, 0.3) is 0 Å². The highest BCUT2D eigenvalue weighted by Crippen LogP contribution is 2.25. The quantitative estimate of drug-likeness (QED) is 0.579. The molecule has 1 amide bonds. The molecule has 0 aliphatic carbocycles. The Morgan fingerprint density at radius 3 is 2.55 bits per heavy atom. The van der Waals surface area contributed by atoms with Crippen LogP contribution in [0.15, 0.2) is 47.5 Å². The summed E-state index contributed by atoms with van der Waals surface area (Å²) in [5.74, 6) is -1.69. The van der Waals surface area contributed by atoms with Crippen LogP contribution in [0.1, 0.15) is 20.3 Å². The van der Waals surface area contributed by atoms with Gasteiger partial charge >= 0.3 is 11.7 Å². The van der Waals surface area contributed by atoms with Crippen LogP contribution < -0.4 is 10.6 Å². The SMILES string of the molecule is CCC(C)N(C(=O)n1cnn(-c2ccc(Cl)cc2Cl)c1=O)c1ccc(F)cc1F. The Morgan fingerprint density at radius 2 is 1.93 bits per heavy atom. The van der Waals surface area contributed by atoms with Crippen LogP contribution in [-0.4, -0.2) is 26.4 Å². The molecule has 3 rings (SSSR count). The lowest BCUT2D eigenvalue weighted by Gasteiger charge is -2.28. The lowest BCUT2D eigenvalue weighted by Crippen LogP contribution is -2.45. The van der Waals surface area contributed by atoms with E-state index in [1.54, 1.807) is 13.8 Å². The minimum Gasteiger partial charge on any atom is -0.288 e. The van der Waals surface area contributed by atoms with Crippen LogP contribution in [0.25, 0.3) is 5.69 Å². The van der Waals surface area contributed by atoms with Crippen molar-refractivity contribution in [2.75, 3.05) is 4.90 Å². The highest BCUT2D eigenvalue weighted by atomic mass is 35.5. The third kappa shape index (κ3) is 4.04. The fourth-order valence-corrected chi connectivity index (χ4v) is 3.25. The average molecular weight is 441 g/mol. The molecule has 1 atom stereocenters. The zero-order valence-electron chi connectivity index (χ0n) is 15.4. The van der Waals surface area contributed by atoms with Gasteiger partial charge in [-0.25, -0.2) is 18.4 Å². The van der Waals surface area contributed by atoms with Crippen LogP contribution in [0.2, 0.25) is 10.0 Å². The Hall–Kier alpha value is -2.71. The van der Waals surface area contributed by atoms with E-state index in [4.69, 9.17) is 23.2 Å². The van der Waals surface area contributed by atoms with Crippen LogP contribution in [0, 0.1) is 11.6 Å². The Labute approximate surface area is 174 Å². The number of hydrogen-bond donors (Lipinski definition) is 0. The molecule has 0 saturated heterocycles. The zero-order valence-corrected chi connectivity index (χ0v) is 17.0. The van der Waals surface area contributed by atoms with Gasteiger partial charge in [0.2, 0.25) is 0 Å². The Kier molecular flexibility index (Phi) is 6.04. The average Bonchev–Trinajstić information content (AvgIpc) is 3.04. The number of anilines is 1. The molecule has 29 heavy (non-hydrogen) atoms. The largest absolute Gasteiger partial charge is 0.358 e. The van der Waals surface area contributed by atoms with Crippen molar-refractivity contribution in [2.45, 2.75) is 26.3 Å². The van der Waals surface area contributed by atoms with E-state index in [1.807, 2.05) is 0 Å². The lowest BCUT2D eigenvalue weighted by atomic mass is 10.2. The van der Waals surface area contributed by atoms with Gasteiger partial charge in [0.1, 0.15) is 18.0 Å². The number of nitrogens with zero attached hydrogens (tertiary/aromatic N) is 4. The molecule has 0 aliphatic rings. The smallest absolute Gasteiger partial charge is 0.288 e. The highest BCUT2D eigenvalue weighted by molar-refractivity contribution is 6.35. The first kappa shape index (κ1) is 21.0. The van der Waals surface area contributed by atoms with Crippen LogP contribution in [-0.2, 0) is 0 Å². The van der Waals surface area contributed by atoms with Crippen LogP contribution in [0.5, 0.6) is 0 Å². The van der Waals surface area contributed by atoms with E-state index in [2.05, 4.69) is 5.10 Å². The molecular formula is C19H16Cl2F2N4O2. The first-order chi connectivity index (χ1) is 13.7. The van der Waals surface area contributed by atoms with Gasteiger partial charge < -0.3 is 0 Å². The number of carbonyl (C=O) groups is 1. The molecule has 6 nitrogen and oxygen atoms in total.